The molecule has 1 aromatic heterocycles. The molecule has 2 rings (SSSR count). The molecule has 0 amide bonds. The SMILES string of the molecule is Nc1ccc(N)c(-c2ccnc(C(F)(F)F)c2)c1. The van der Waals surface area contributed by atoms with Crippen LogP contribution in [0.1, 0.15) is 5.69 Å². The first kappa shape index (κ1) is 12.2. The van der Waals surface area contributed by atoms with Crippen molar-refractivity contribution in [3.05, 3.63) is 42.2 Å². The van der Waals surface area contributed by atoms with Crippen molar-refractivity contribution in [2.45, 2.75) is 6.18 Å². The molecule has 18 heavy (non-hydrogen) atoms. The molecule has 1 heterocycles. The summed E-state index contributed by atoms with van der Waals surface area (Å²) < 4.78 is 37.6. The van der Waals surface area contributed by atoms with Crippen LogP contribution in [-0.2, 0) is 6.18 Å². The number of anilines is 2. The van der Waals surface area contributed by atoms with Crippen molar-refractivity contribution in [1.82, 2.24) is 4.98 Å². The first-order chi connectivity index (χ1) is 8.38. The minimum Gasteiger partial charge on any atom is -0.399 e. The van der Waals surface area contributed by atoms with Gasteiger partial charge in [-0.1, -0.05) is 0 Å². The van der Waals surface area contributed by atoms with E-state index < -0.39 is 11.9 Å². The van der Waals surface area contributed by atoms with Gasteiger partial charge in [-0.2, -0.15) is 13.2 Å². The first-order valence-electron chi connectivity index (χ1n) is 5.06. The Morgan fingerprint density at radius 1 is 1.00 bits per heavy atom. The summed E-state index contributed by atoms with van der Waals surface area (Å²) in [5.74, 6) is 0. The number of nitrogens with two attached hydrogens (primary N) is 2. The molecule has 0 spiro atoms. The van der Waals surface area contributed by atoms with Gasteiger partial charge >= 0.3 is 6.18 Å². The highest BCUT2D eigenvalue weighted by atomic mass is 19.4. The Hall–Kier alpha value is -2.24. The fraction of sp³-hybridized carbons (Fsp3) is 0.0833. The molecule has 0 fully saturated rings. The lowest BCUT2D eigenvalue weighted by Crippen LogP contribution is -2.07. The van der Waals surface area contributed by atoms with Gasteiger partial charge in [0.25, 0.3) is 0 Å². The fourth-order valence-corrected chi connectivity index (χ4v) is 1.58. The molecule has 0 atom stereocenters. The van der Waals surface area contributed by atoms with Gasteiger partial charge in [0.05, 0.1) is 0 Å². The van der Waals surface area contributed by atoms with Crippen molar-refractivity contribution in [3.8, 4) is 11.1 Å². The summed E-state index contributed by atoms with van der Waals surface area (Å²) in [4.78, 5) is 3.29. The van der Waals surface area contributed by atoms with Crippen LogP contribution in [0, 0.1) is 0 Å². The summed E-state index contributed by atoms with van der Waals surface area (Å²) in [5.41, 5.74) is 12.0. The number of alkyl halides is 3. The molecule has 0 aliphatic carbocycles. The molecule has 0 aliphatic heterocycles. The van der Waals surface area contributed by atoms with Crippen molar-refractivity contribution in [1.29, 1.82) is 0 Å². The molecular formula is C12H10F3N3. The van der Waals surface area contributed by atoms with Crippen LogP contribution in [0.3, 0.4) is 0 Å². The Morgan fingerprint density at radius 3 is 2.39 bits per heavy atom. The number of aromatic nitrogens is 1. The van der Waals surface area contributed by atoms with Crippen LogP contribution in [0.2, 0.25) is 0 Å². The van der Waals surface area contributed by atoms with Crippen molar-refractivity contribution < 1.29 is 13.2 Å². The molecule has 1 aromatic carbocycles. The number of nitrogens with zero attached hydrogens (tertiary/aromatic N) is 1. The molecule has 4 N–H and O–H groups in total. The fourth-order valence-electron chi connectivity index (χ4n) is 1.58. The molecular weight excluding hydrogens is 243 g/mol. The van der Waals surface area contributed by atoms with Crippen molar-refractivity contribution in [2.24, 2.45) is 0 Å². The van der Waals surface area contributed by atoms with Crippen LogP contribution in [0.5, 0.6) is 0 Å². The summed E-state index contributed by atoms with van der Waals surface area (Å²) in [7, 11) is 0. The van der Waals surface area contributed by atoms with Crippen LogP contribution in [-0.4, -0.2) is 4.98 Å². The summed E-state index contributed by atoms with van der Waals surface area (Å²) in [6, 6.07) is 7.08. The van der Waals surface area contributed by atoms with Gasteiger partial charge in [0.15, 0.2) is 0 Å². The predicted molar refractivity (Wildman–Crippen MR) is 63.5 cm³/mol. The van der Waals surface area contributed by atoms with Crippen molar-refractivity contribution in [3.63, 3.8) is 0 Å². The van der Waals surface area contributed by atoms with E-state index in [4.69, 9.17) is 11.5 Å². The largest absolute Gasteiger partial charge is 0.433 e. The third-order valence-corrected chi connectivity index (χ3v) is 2.44. The van der Waals surface area contributed by atoms with Gasteiger partial charge in [0, 0.05) is 23.1 Å². The summed E-state index contributed by atoms with van der Waals surface area (Å²) in [5, 5.41) is 0. The van der Waals surface area contributed by atoms with Crippen LogP contribution in [0.15, 0.2) is 36.5 Å². The van der Waals surface area contributed by atoms with Crippen LogP contribution in [0.25, 0.3) is 11.1 Å². The van der Waals surface area contributed by atoms with Crippen LogP contribution < -0.4 is 11.5 Å². The normalized spacial score (nSPS) is 11.5. The maximum Gasteiger partial charge on any atom is 0.433 e. The Labute approximate surface area is 101 Å². The van der Waals surface area contributed by atoms with E-state index in [1.165, 1.54) is 12.1 Å². The number of rotatable bonds is 1. The van der Waals surface area contributed by atoms with Gasteiger partial charge in [-0.15, -0.1) is 0 Å². The predicted octanol–water partition coefficient (Wildman–Crippen LogP) is 2.93. The van der Waals surface area contributed by atoms with Gasteiger partial charge in [-0.25, -0.2) is 0 Å². The number of hydrogen-bond acceptors (Lipinski definition) is 3. The Morgan fingerprint density at radius 2 is 1.72 bits per heavy atom. The molecule has 6 heteroatoms. The van der Waals surface area contributed by atoms with Gasteiger partial charge in [-0.05, 0) is 35.9 Å². The molecule has 0 unspecified atom stereocenters. The quantitative estimate of drug-likeness (QED) is 0.768. The van der Waals surface area contributed by atoms with Crippen molar-refractivity contribution >= 4 is 11.4 Å². The number of benzene rings is 1. The zero-order valence-corrected chi connectivity index (χ0v) is 9.20. The molecule has 0 radical (unpaired) electrons. The molecule has 0 bridgehead atoms. The second-order valence-electron chi connectivity index (χ2n) is 3.77. The van der Waals surface area contributed by atoms with Gasteiger partial charge in [0.2, 0.25) is 0 Å². The third kappa shape index (κ3) is 2.37. The van der Waals surface area contributed by atoms with E-state index in [0.717, 1.165) is 12.3 Å². The Bertz CT molecular complexity index is 579. The highest BCUT2D eigenvalue weighted by Gasteiger charge is 2.32. The Balaban J connectivity index is 2.55. The lowest BCUT2D eigenvalue weighted by atomic mass is 10.0. The molecule has 0 aliphatic rings. The second kappa shape index (κ2) is 4.21. The van der Waals surface area contributed by atoms with E-state index >= 15 is 0 Å². The molecule has 0 saturated carbocycles. The number of halogens is 3. The average molecular weight is 253 g/mol. The van der Waals surface area contributed by atoms with E-state index in [-0.39, 0.29) is 0 Å². The zero-order valence-electron chi connectivity index (χ0n) is 9.20. The minimum atomic E-state index is -4.48. The third-order valence-electron chi connectivity index (χ3n) is 2.44. The standard InChI is InChI=1S/C12H10F3N3/c13-12(14,15)11-5-7(3-4-18-11)9-6-8(16)1-2-10(9)17/h1-6H,16-17H2. The maximum absolute atomic E-state index is 12.5. The van der Waals surface area contributed by atoms with E-state index in [1.54, 1.807) is 12.1 Å². The summed E-state index contributed by atoms with van der Waals surface area (Å²) in [6.07, 6.45) is -3.38. The van der Waals surface area contributed by atoms with E-state index in [9.17, 15) is 13.2 Å². The van der Waals surface area contributed by atoms with Gasteiger partial charge in [-0.3, -0.25) is 4.98 Å². The van der Waals surface area contributed by atoms with Crippen LogP contribution in [0.4, 0.5) is 24.5 Å². The highest BCUT2D eigenvalue weighted by molar-refractivity contribution is 5.79. The Kier molecular flexibility index (Phi) is 2.86. The molecule has 3 nitrogen and oxygen atoms in total. The molecule has 0 saturated heterocycles. The van der Waals surface area contributed by atoms with Gasteiger partial charge < -0.3 is 11.5 Å². The van der Waals surface area contributed by atoms with E-state index in [1.807, 2.05) is 0 Å². The minimum absolute atomic E-state index is 0.335. The molecule has 94 valence electrons. The van der Waals surface area contributed by atoms with Crippen molar-refractivity contribution in [2.75, 3.05) is 11.5 Å². The number of nitrogen functional groups attached to an aromatic ring is 2. The second-order valence-corrected chi connectivity index (χ2v) is 3.77. The highest BCUT2D eigenvalue weighted by Crippen LogP contribution is 2.33. The van der Waals surface area contributed by atoms with E-state index in [2.05, 4.69) is 4.98 Å². The monoisotopic (exact) mass is 253 g/mol. The smallest absolute Gasteiger partial charge is 0.399 e. The maximum atomic E-state index is 12.5. The first-order valence-corrected chi connectivity index (χ1v) is 5.06. The number of pyridine rings is 1. The van der Waals surface area contributed by atoms with E-state index in [0.29, 0.717) is 22.5 Å². The van der Waals surface area contributed by atoms with Crippen LogP contribution >= 0.6 is 0 Å². The number of hydrogen-bond donors (Lipinski definition) is 2. The topological polar surface area (TPSA) is 64.9 Å². The molecule has 2 aromatic rings. The summed E-state index contributed by atoms with van der Waals surface area (Å²) >= 11 is 0. The summed E-state index contributed by atoms with van der Waals surface area (Å²) in [6.45, 7) is 0. The lowest BCUT2D eigenvalue weighted by Gasteiger charge is -2.10. The van der Waals surface area contributed by atoms with Gasteiger partial charge in [0.1, 0.15) is 5.69 Å². The lowest BCUT2D eigenvalue weighted by molar-refractivity contribution is -0.141. The average Bonchev–Trinajstić information content (AvgIpc) is 2.31. The zero-order chi connectivity index (χ0) is 13.3.